The maximum atomic E-state index is 12.9. The summed E-state index contributed by atoms with van der Waals surface area (Å²) in [5.74, 6) is 0.835. The quantitative estimate of drug-likeness (QED) is 0.530. The van der Waals surface area contributed by atoms with Gasteiger partial charge in [-0.15, -0.1) is 0 Å². The normalized spacial score (nSPS) is 15.7. The summed E-state index contributed by atoms with van der Waals surface area (Å²) in [5.41, 5.74) is 2.25. The molecule has 4 rings (SSSR count). The molecular formula is C23H19ClN2O4. The Hall–Kier alpha value is -3.38. The number of hydrazone groups is 1. The molecule has 30 heavy (non-hydrogen) atoms. The van der Waals surface area contributed by atoms with Crippen LogP contribution >= 0.6 is 11.6 Å². The number of rotatable bonds is 6. The predicted molar refractivity (Wildman–Crippen MR) is 113 cm³/mol. The molecule has 0 radical (unpaired) electrons. The third-order valence-electron chi connectivity index (χ3n) is 4.84. The highest BCUT2D eigenvalue weighted by Crippen LogP contribution is 2.33. The fraction of sp³-hybridized carbons (Fsp3) is 0.174. The second-order valence-electron chi connectivity index (χ2n) is 6.90. The Labute approximate surface area is 178 Å². The number of nitrogens with zero attached hydrogens (tertiary/aromatic N) is 2. The first-order chi connectivity index (χ1) is 14.5. The van der Waals surface area contributed by atoms with Gasteiger partial charge in [-0.1, -0.05) is 23.7 Å². The van der Waals surface area contributed by atoms with Gasteiger partial charge in [0.2, 0.25) is 0 Å². The third kappa shape index (κ3) is 4.28. The monoisotopic (exact) mass is 422 g/mol. The standard InChI is InChI=1S/C23H19ClN2O4/c1-15(27)16-6-10-19(11-7-16)30-14-23(28)26-21(22-3-2-12-29-22)13-20(25-26)17-4-8-18(24)9-5-17/h2-12,21H,13-14H2,1H3/t21-/m1/s1. The van der Waals surface area contributed by atoms with Crippen LogP contribution in [0.1, 0.15) is 41.1 Å². The highest BCUT2D eigenvalue weighted by Gasteiger charge is 2.35. The summed E-state index contributed by atoms with van der Waals surface area (Å²) in [6.45, 7) is 1.31. The van der Waals surface area contributed by atoms with E-state index in [0.717, 1.165) is 11.3 Å². The second-order valence-corrected chi connectivity index (χ2v) is 7.33. The van der Waals surface area contributed by atoms with Gasteiger partial charge in [0.05, 0.1) is 12.0 Å². The molecule has 0 fully saturated rings. The topological polar surface area (TPSA) is 72.1 Å². The molecule has 2 heterocycles. The van der Waals surface area contributed by atoms with Gasteiger partial charge in [-0.05, 0) is 61.0 Å². The van der Waals surface area contributed by atoms with E-state index in [-0.39, 0.29) is 24.3 Å². The van der Waals surface area contributed by atoms with E-state index in [9.17, 15) is 9.59 Å². The molecule has 7 heteroatoms. The number of hydrogen-bond acceptors (Lipinski definition) is 5. The average molecular weight is 423 g/mol. The van der Waals surface area contributed by atoms with Gasteiger partial charge < -0.3 is 9.15 Å². The number of amides is 1. The van der Waals surface area contributed by atoms with Crippen molar-refractivity contribution in [2.45, 2.75) is 19.4 Å². The minimum Gasteiger partial charge on any atom is -0.484 e. The van der Waals surface area contributed by atoms with E-state index in [1.165, 1.54) is 11.9 Å². The molecule has 0 saturated heterocycles. The summed E-state index contributed by atoms with van der Waals surface area (Å²) < 4.78 is 11.2. The molecule has 0 spiro atoms. The van der Waals surface area contributed by atoms with Gasteiger partial charge in [0.25, 0.3) is 5.91 Å². The highest BCUT2D eigenvalue weighted by molar-refractivity contribution is 6.30. The molecule has 0 N–H and O–H groups in total. The highest BCUT2D eigenvalue weighted by atomic mass is 35.5. The number of carbonyl (C=O) groups is 2. The van der Waals surface area contributed by atoms with Crippen LogP contribution in [0.15, 0.2) is 76.4 Å². The lowest BCUT2D eigenvalue weighted by atomic mass is 10.0. The summed E-state index contributed by atoms with van der Waals surface area (Å²) in [4.78, 5) is 24.3. The van der Waals surface area contributed by atoms with Crippen LogP contribution in [0, 0.1) is 0 Å². The lowest BCUT2D eigenvalue weighted by Crippen LogP contribution is -2.31. The molecule has 1 aromatic heterocycles. The molecule has 152 valence electrons. The minimum atomic E-state index is -0.345. The average Bonchev–Trinajstić information content (AvgIpc) is 3.43. The van der Waals surface area contributed by atoms with Crippen molar-refractivity contribution in [1.29, 1.82) is 0 Å². The number of hydrogen-bond donors (Lipinski definition) is 0. The van der Waals surface area contributed by atoms with Crippen LogP contribution in [-0.2, 0) is 4.79 Å². The fourth-order valence-corrected chi connectivity index (χ4v) is 3.38. The van der Waals surface area contributed by atoms with E-state index in [1.807, 2.05) is 18.2 Å². The Kier molecular flexibility index (Phi) is 5.68. The van der Waals surface area contributed by atoms with Gasteiger partial charge in [-0.25, -0.2) is 5.01 Å². The number of ether oxygens (including phenoxy) is 1. The van der Waals surface area contributed by atoms with E-state index in [0.29, 0.717) is 28.5 Å². The largest absolute Gasteiger partial charge is 0.484 e. The van der Waals surface area contributed by atoms with Crippen molar-refractivity contribution in [2.24, 2.45) is 5.10 Å². The van der Waals surface area contributed by atoms with Crippen molar-refractivity contribution in [1.82, 2.24) is 5.01 Å². The zero-order valence-corrected chi connectivity index (χ0v) is 17.0. The van der Waals surface area contributed by atoms with Crippen molar-refractivity contribution in [3.63, 3.8) is 0 Å². The summed E-state index contributed by atoms with van der Waals surface area (Å²) in [6.07, 6.45) is 2.10. The summed E-state index contributed by atoms with van der Waals surface area (Å²) in [6, 6.07) is 17.3. The molecular weight excluding hydrogens is 404 g/mol. The lowest BCUT2D eigenvalue weighted by molar-refractivity contribution is -0.135. The van der Waals surface area contributed by atoms with Crippen molar-refractivity contribution < 1.29 is 18.7 Å². The van der Waals surface area contributed by atoms with E-state index >= 15 is 0 Å². The number of Topliss-reactive ketones (excluding diaryl/α,β-unsaturated/α-hetero) is 1. The van der Waals surface area contributed by atoms with Crippen LogP contribution in [0.5, 0.6) is 5.75 Å². The molecule has 2 aromatic carbocycles. The van der Waals surface area contributed by atoms with E-state index in [4.69, 9.17) is 20.8 Å². The van der Waals surface area contributed by atoms with Crippen molar-refractivity contribution in [2.75, 3.05) is 6.61 Å². The van der Waals surface area contributed by atoms with Crippen LogP contribution in [-0.4, -0.2) is 29.0 Å². The number of carbonyl (C=O) groups excluding carboxylic acids is 2. The number of furan rings is 1. The van der Waals surface area contributed by atoms with Crippen LogP contribution in [0.4, 0.5) is 0 Å². The molecule has 3 aromatic rings. The maximum absolute atomic E-state index is 12.9. The predicted octanol–water partition coefficient (Wildman–Crippen LogP) is 4.89. The summed E-state index contributed by atoms with van der Waals surface area (Å²) >= 11 is 5.98. The van der Waals surface area contributed by atoms with Gasteiger partial charge in [-0.2, -0.15) is 5.10 Å². The Morgan fingerprint density at radius 1 is 1.13 bits per heavy atom. The SMILES string of the molecule is CC(=O)c1ccc(OCC(=O)N2N=C(c3ccc(Cl)cc3)C[C@@H]2c2ccco2)cc1. The van der Waals surface area contributed by atoms with E-state index in [1.54, 1.807) is 48.7 Å². The van der Waals surface area contributed by atoms with Gasteiger partial charge in [-0.3, -0.25) is 9.59 Å². The lowest BCUT2D eigenvalue weighted by Gasteiger charge is -2.20. The molecule has 6 nitrogen and oxygen atoms in total. The Balaban J connectivity index is 1.51. The van der Waals surface area contributed by atoms with Crippen LogP contribution in [0.3, 0.4) is 0 Å². The first-order valence-corrected chi connectivity index (χ1v) is 9.82. The Bertz CT molecular complexity index is 1070. The molecule has 0 bridgehead atoms. The molecule has 1 amide bonds. The Morgan fingerprint density at radius 3 is 2.50 bits per heavy atom. The number of benzene rings is 2. The fourth-order valence-electron chi connectivity index (χ4n) is 3.26. The van der Waals surface area contributed by atoms with Crippen LogP contribution < -0.4 is 4.74 Å². The zero-order chi connectivity index (χ0) is 21.1. The summed E-state index contributed by atoms with van der Waals surface area (Å²) in [5, 5.41) is 6.59. The Morgan fingerprint density at radius 2 is 1.87 bits per heavy atom. The van der Waals surface area contributed by atoms with Gasteiger partial charge in [0.1, 0.15) is 17.6 Å². The van der Waals surface area contributed by atoms with Crippen molar-refractivity contribution >= 4 is 29.0 Å². The second kappa shape index (κ2) is 8.55. The minimum absolute atomic E-state index is 0.0277. The number of ketones is 1. The molecule has 1 atom stereocenters. The first-order valence-electron chi connectivity index (χ1n) is 9.44. The third-order valence-corrected chi connectivity index (χ3v) is 5.09. The molecule has 0 saturated carbocycles. The smallest absolute Gasteiger partial charge is 0.281 e. The van der Waals surface area contributed by atoms with Gasteiger partial charge in [0, 0.05) is 17.0 Å². The van der Waals surface area contributed by atoms with Crippen LogP contribution in [0.2, 0.25) is 5.02 Å². The van der Waals surface area contributed by atoms with Crippen molar-refractivity contribution in [3.8, 4) is 5.75 Å². The van der Waals surface area contributed by atoms with Gasteiger partial charge in [0.15, 0.2) is 12.4 Å². The van der Waals surface area contributed by atoms with Crippen molar-refractivity contribution in [3.05, 3.63) is 88.8 Å². The first kappa shape index (κ1) is 19.9. The maximum Gasteiger partial charge on any atom is 0.281 e. The molecule has 0 aliphatic carbocycles. The molecule has 1 aliphatic heterocycles. The van der Waals surface area contributed by atoms with E-state index in [2.05, 4.69) is 5.10 Å². The van der Waals surface area contributed by atoms with Gasteiger partial charge >= 0.3 is 0 Å². The summed E-state index contributed by atoms with van der Waals surface area (Å²) in [7, 11) is 0. The van der Waals surface area contributed by atoms with Crippen LogP contribution in [0.25, 0.3) is 0 Å². The number of halogens is 1. The molecule has 0 unspecified atom stereocenters. The van der Waals surface area contributed by atoms with E-state index < -0.39 is 0 Å². The zero-order valence-electron chi connectivity index (χ0n) is 16.2. The molecule has 1 aliphatic rings.